The molecule has 0 saturated carbocycles. The fraction of sp³-hybridized carbons (Fsp3) is 0.933. The second-order valence-electron chi connectivity index (χ2n) is 11.7. The lowest BCUT2D eigenvalue weighted by Crippen LogP contribution is -2.61. The van der Waals surface area contributed by atoms with E-state index < -0.39 is 92.7 Å². The first kappa shape index (κ1) is 39.7. The van der Waals surface area contributed by atoms with Crippen LogP contribution in [-0.2, 0) is 38.0 Å². The minimum absolute atomic E-state index is 0.165. The molecule has 0 aromatic carbocycles. The summed E-state index contributed by atoms with van der Waals surface area (Å²) in [6.45, 7) is 1.47. The van der Waals surface area contributed by atoms with Gasteiger partial charge in [-0.2, -0.15) is 0 Å². The molecule has 0 aromatic heterocycles. The minimum Gasteiger partial charge on any atom is -0.462 e. The predicted molar refractivity (Wildman–Crippen MR) is 155 cm³/mol. The lowest BCUT2D eigenvalue weighted by atomic mass is 9.98. The Bertz CT molecular complexity index is 829. The van der Waals surface area contributed by atoms with Crippen molar-refractivity contribution in [2.75, 3.05) is 26.4 Å². The summed E-state index contributed by atoms with van der Waals surface area (Å²) >= 11 is 0. The molecule has 0 amide bonds. The van der Waals surface area contributed by atoms with E-state index in [9.17, 15) is 45.3 Å². The lowest BCUT2D eigenvalue weighted by molar-refractivity contribution is -0.332. The van der Waals surface area contributed by atoms with Crippen LogP contribution in [0.1, 0.15) is 84.5 Å². The number of carbonyl (C=O) groups excluding carboxylic acids is 2. The smallest absolute Gasteiger partial charge is 0.306 e. The normalized spacial score (nSPS) is 32.6. The van der Waals surface area contributed by atoms with Crippen LogP contribution in [0.25, 0.3) is 0 Å². The first-order valence-electron chi connectivity index (χ1n) is 16.1. The SMILES string of the molecule is CCCCCCCCCCCCC(=O)OC(COC(C)=O)COC1OC(COC2OC(CO)C(O)C(O)C2O)C(O)C(O)C1O. The second kappa shape index (κ2) is 21.4. The van der Waals surface area contributed by atoms with Crippen LogP contribution >= 0.6 is 0 Å². The van der Waals surface area contributed by atoms with Crippen molar-refractivity contribution in [3.8, 4) is 0 Å². The zero-order valence-corrected chi connectivity index (χ0v) is 26.4. The van der Waals surface area contributed by atoms with E-state index in [0.29, 0.717) is 6.42 Å². The number of aliphatic hydroxyl groups excluding tert-OH is 7. The van der Waals surface area contributed by atoms with Crippen LogP contribution in [0.2, 0.25) is 0 Å². The van der Waals surface area contributed by atoms with Gasteiger partial charge in [0.15, 0.2) is 18.7 Å². The van der Waals surface area contributed by atoms with Gasteiger partial charge in [0.25, 0.3) is 0 Å². The molecule has 2 heterocycles. The highest BCUT2D eigenvalue weighted by Gasteiger charge is 2.47. The van der Waals surface area contributed by atoms with Gasteiger partial charge in [-0.3, -0.25) is 9.59 Å². The van der Waals surface area contributed by atoms with Crippen molar-refractivity contribution in [2.45, 2.75) is 152 Å². The lowest BCUT2D eigenvalue weighted by Gasteiger charge is -2.42. The van der Waals surface area contributed by atoms with E-state index in [2.05, 4.69) is 6.92 Å². The van der Waals surface area contributed by atoms with Gasteiger partial charge in [0.1, 0.15) is 55.4 Å². The van der Waals surface area contributed by atoms with E-state index in [4.69, 9.17) is 28.4 Å². The summed E-state index contributed by atoms with van der Waals surface area (Å²) in [6, 6.07) is 0. The Balaban J connectivity index is 1.83. The van der Waals surface area contributed by atoms with Gasteiger partial charge in [-0.05, 0) is 6.42 Å². The van der Waals surface area contributed by atoms with Gasteiger partial charge in [0.2, 0.25) is 0 Å². The predicted octanol–water partition coefficient (Wildman–Crippen LogP) is -0.587. The minimum atomic E-state index is -1.75. The summed E-state index contributed by atoms with van der Waals surface area (Å²) in [7, 11) is 0. The molecule has 2 aliphatic rings. The largest absolute Gasteiger partial charge is 0.462 e. The summed E-state index contributed by atoms with van der Waals surface area (Å²) in [5.74, 6) is -1.12. The number of esters is 2. The molecule has 11 unspecified atom stereocenters. The first-order valence-corrected chi connectivity index (χ1v) is 16.1. The Morgan fingerprint density at radius 3 is 1.73 bits per heavy atom. The standard InChI is InChI=1S/C30H54O15/c1-3-4-5-6-7-8-9-10-11-12-13-22(33)43-19(15-40-18(2)32)16-41-29-28(39)26(37)24(35)21(45-29)17-42-30-27(38)25(36)23(34)20(14-31)44-30/h19-21,23-31,34-39H,3-17H2,1-2H3. The van der Waals surface area contributed by atoms with E-state index in [0.717, 1.165) is 19.3 Å². The molecule has 264 valence electrons. The molecule has 2 saturated heterocycles. The summed E-state index contributed by atoms with van der Waals surface area (Å²) in [4.78, 5) is 23.9. The van der Waals surface area contributed by atoms with Gasteiger partial charge in [0.05, 0.1) is 19.8 Å². The fourth-order valence-electron chi connectivity index (χ4n) is 5.12. The van der Waals surface area contributed by atoms with E-state index >= 15 is 0 Å². The Labute approximate surface area is 264 Å². The van der Waals surface area contributed by atoms with Gasteiger partial charge in [-0.25, -0.2) is 0 Å². The number of aliphatic hydroxyl groups is 7. The van der Waals surface area contributed by atoms with Crippen molar-refractivity contribution in [3.63, 3.8) is 0 Å². The first-order chi connectivity index (χ1) is 21.5. The van der Waals surface area contributed by atoms with Gasteiger partial charge in [-0.1, -0.05) is 64.7 Å². The molecule has 2 fully saturated rings. The number of unbranched alkanes of at least 4 members (excludes halogenated alkanes) is 9. The third kappa shape index (κ3) is 13.6. The van der Waals surface area contributed by atoms with Crippen molar-refractivity contribution < 1.29 is 73.8 Å². The maximum atomic E-state index is 12.5. The van der Waals surface area contributed by atoms with Gasteiger partial charge in [0, 0.05) is 13.3 Å². The third-order valence-corrected chi connectivity index (χ3v) is 7.89. The molecule has 2 aliphatic heterocycles. The van der Waals surface area contributed by atoms with Crippen molar-refractivity contribution in [2.24, 2.45) is 0 Å². The zero-order valence-electron chi connectivity index (χ0n) is 26.4. The van der Waals surface area contributed by atoms with Crippen LogP contribution in [-0.4, -0.2) is 142 Å². The number of hydrogen-bond donors (Lipinski definition) is 7. The molecule has 11 atom stereocenters. The molecular formula is C30H54O15. The van der Waals surface area contributed by atoms with Gasteiger partial charge < -0.3 is 64.2 Å². The molecule has 15 heteroatoms. The molecule has 2 rings (SSSR count). The molecule has 0 aromatic rings. The van der Waals surface area contributed by atoms with Crippen molar-refractivity contribution in [1.29, 1.82) is 0 Å². The Morgan fingerprint density at radius 2 is 1.18 bits per heavy atom. The van der Waals surface area contributed by atoms with E-state index in [1.165, 1.54) is 45.4 Å². The van der Waals surface area contributed by atoms with Crippen LogP contribution < -0.4 is 0 Å². The highest BCUT2D eigenvalue weighted by Crippen LogP contribution is 2.26. The summed E-state index contributed by atoms with van der Waals surface area (Å²) in [5, 5.41) is 70.6. The van der Waals surface area contributed by atoms with Crippen LogP contribution in [0.5, 0.6) is 0 Å². The van der Waals surface area contributed by atoms with E-state index in [-0.39, 0.29) is 19.6 Å². The summed E-state index contributed by atoms with van der Waals surface area (Å²) in [6.07, 6.45) is -5.55. The molecule has 0 aliphatic carbocycles. The van der Waals surface area contributed by atoms with Gasteiger partial charge >= 0.3 is 11.9 Å². The molecule has 45 heavy (non-hydrogen) atoms. The quantitative estimate of drug-likeness (QED) is 0.0606. The average Bonchev–Trinajstić information content (AvgIpc) is 3.01. The van der Waals surface area contributed by atoms with E-state index in [1.54, 1.807) is 0 Å². The average molecular weight is 655 g/mol. The Kier molecular flexibility index (Phi) is 18.9. The Hall–Kier alpha value is -1.50. The molecule has 15 nitrogen and oxygen atoms in total. The van der Waals surface area contributed by atoms with E-state index in [1.807, 2.05) is 0 Å². The number of ether oxygens (including phenoxy) is 6. The summed E-state index contributed by atoms with van der Waals surface area (Å²) in [5.41, 5.74) is 0. The topological polar surface area (TPSA) is 231 Å². The Morgan fingerprint density at radius 1 is 0.667 bits per heavy atom. The van der Waals surface area contributed by atoms with Crippen molar-refractivity contribution >= 4 is 11.9 Å². The second-order valence-corrected chi connectivity index (χ2v) is 11.7. The monoisotopic (exact) mass is 654 g/mol. The van der Waals surface area contributed by atoms with Crippen LogP contribution in [0.3, 0.4) is 0 Å². The van der Waals surface area contributed by atoms with Crippen LogP contribution in [0, 0.1) is 0 Å². The number of hydrogen-bond acceptors (Lipinski definition) is 15. The van der Waals surface area contributed by atoms with Gasteiger partial charge in [-0.15, -0.1) is 0 Å². The highest BCUT2D eigenvalue weighted by molar-refractivity contribution is 5.69. The fourth-order valence-corrected chi connectivity index (χ4v) is 5.12. The molecule has 0 radical (unpaired) electrons. The third-order valence-electron chi connectivity index (χ3n) is 7.89. The highest BCUT2D eigenvalue weighted by atomic mass is 16.7. The van der Waals surface area contributed by atoms with Crippen molar-refractivity contribution in [3.05, 3.63) is 0 Å². The zero-order chi connectivity index (χ0) is 33.4. The molecule has 0 spiro atoms. The van der Waals surface area contributed by atoms with Crippen LogP contribution in [0.4, 0.5) is 0 Å². The maximum absolute atomic E-state index is 12.5. The molecule has 7 N–H and O–H groups in total. The van der Waals surface area contributed by atoms with Crippen molar-refractivity contribution in [1.82, 2.24) is 0 Å². The molecular weight excluding hydrogens is 600 g/mol. The maximum Gasteiger partial charge on any atom is 0.306 e. The number of carbonyl (C=O) groups is 2. The molecule has 0 bridgehead atoms. The number of rotatable bonds is 21. The van der Waals surface area contributed by atoms with Crippen LogP contribution in [0.15, 0.2) is 0 Å². The summed E-state index contributed by atoms with van der Waals surface area (Å²) < 4.78 is 32.2.